The molecule has 0 spiro atoms. The molecule has 14 heavy (non-hydrogen) atoms. The lowest BCUT2D eigenvalue weighted by atomic mass is 9.64. The fourth-order valence-corrected chi connectivity index (χ4v) is 2.00. The van der Waals surface area contributed by atoms with E-state index < -0.39 is 6.10 Å². The van der Waals surface area contributed by atoms with E-state index >= 15 is 0 Å². The largest absolute Gasteiger partial charge is 0.394 e. The summed E-state index contributed by atoms with van der Waals surface area (Å²) in [5, 5.41) is 17.8. The van der Waals surface area contributed by atoms with Crippen molar-refractivity contribution in [2.24, 2.45) is 0 Å². The van der Waals surface area contributed by atoms with Crippen LogP contribution in [-0.4, -0.2) is 51.3 Å². The third-order valence-corrected chi connectivity index (χ3v) is 3.10. The van der Waals surface area contributed by atoms with Crippen molar-refractivity contribution < 1.29 is 14.9 Å². The van der Waals surface area contributed by atoms with Gasteiger partial charge in [-0.25, -0.2) is 0 Å². The highest BCUT2D eigenvalue weighted by atomic mass is 16.5. The van der Waals surface area contributed by atoms with Gasteiger partial charge in [-0.3, -0.25) is 0 Å². The van der Waals surface area contributed by atoms with E-state index in [9.17, 15) is 0 Å². The van der Waals surface area contributed by atoms with Gasteiger partial charge in [0.15, 0.2) is 0 Å². The zero-order chi connectivity index (χ0) is 10.6. The molecule has 0 amide bonds. The molecule has 0 aromatic carbocycles. The average Bonchev–Trinajstić information content (AvgIpc) is 2.19. The first-order chi connectivity index (χ1) is 6.63. The van der Waals surface area contributed by atoms with Gasteiger partial charge in [-0.2, -0.15) is 0 Å². The van der Waals surface area contributed by atoms with E-state index in [1.165, 1.54) is 12.8 Å². The van der Waals surface area contributed by atoms with Crippen LogP contribution in [0.2, 0.25) is 11.6 Å². The lowest BCUT2D eigenvalue weighted by Crippen LogP contribution is -2.30. The van der Waals surface area contributed by atoms with Crippen LogP contribution in [0.5, 0.6) is 0 Å². The van der Waals surface area contributed by atoms with Crippen LogP contribution in [0, 0.1) is 0 Å². The topological polar surface area (TPSA) is 49.7 Å². The summed E-state index contributed by atoms with van der Waals surface area (Å²) in [6.07, 6.45) is 3.11. The zero-order valence-electron chi connectivity index (χ0n) is 9.15. The molecule has 0 radical (unpaired) electrons. The van der Waals surface area contributed by atoms with Crippen molar-refractivity contribution in [3.8, 4) is 0 Å². The minimum Gasteiger partial charge on any atom is -0.394 e. The van der Waals surface area contributed by atoms with E-state index in [0.717, 1.165) is 12.2 Å². The molecule has 0 bridgehead atoms. The first kappa shape index (κ1) is 12.1. The summed E-state index contributed by atoms with van der Waals surface area (Å²) in [5.74, 6) is 1.31. The van der Waals surface area contributed by atoms with Crippen molar-refractivity contribution in [2.45, 2.75) is 43.1 Å². The van der Waals surface area contributed by atoms with Crippen LogP contribution in [0.4, 0.5) is 0 Å². The molecule has 1 aliphatic rings. The predicted molar refractivity (Wildman–Crippen MR) is 61.3 cm³/mol. The van der Waals surface area contributed by atoms with Crippen molar-refractivity contribution in [1.29, 1.82) is 0 Å². The third-order valence-electron chi connectivity index (χ3n) is 3.10. The Morgan fingerprint density at radius 2 is 2.07 bits per heavy atom. The van der Waals surface area contributed by atoms with Gasteiger partial charge in [-0.1, -0.05) is 18.7 Å². The summed E-state index contributed by atoms with van der Waals surface area (Å²) in [6.45, 7) is 0.0505. The molecule has 0 aromatic rings. The molecular weight excluding hydrogens is 178 g/mol. The summed E-state index contributed by atoms with van der Waals surface area (Å²) < 4.78 is 5.61. The maximum Gasteiger partial charge on any atom is 0.108 e. The normalized spacial score (nSPS) is 35.4. The van der Waals surface area contributed by atoms with Crippen LogP contribution in [-0.2, 0) is 4.74 Å². The Kier molecular flexibility index (Phi) is 4.99. The van der Waals surface area contributed by atoms with E-state index in [1.807, 2.05) is 0 Å². The SMILES string of the molecule is BC1CCC(B)C(OCC(O)CO)C1. The van der Waals surface area contributed by atoms with Crippen molar-refractivity contribution in [3.05, 3.63) is 0 Å². The first-order valence-electron chi connectivity index (χ1n) is 5.54. The van der Waals surface area contributed by atoms with Gasteiger partial charge in [0.2, 0.25) is 0 Å². The van der Waals surface area contributed by atoms with Gasteiger partial charge in [0.1, 0.15) is 21.8 Å². The van der Waals surface area contributed by atoms with Gasteiger partial charge in [0, 0.05) is 0 Å². The molecule has 4 atom stereocenters. The number of hydrogen-bond acceptors (Lipinski definition) is 3. The molecule has 4 unspecified atom stereocenters. The maximum absolute atomic E-state index is 9.17. The molecule has 0 aliphatic heterocycles. The highest BCUT2D eigenvalue weighted by Crippen LogP contribution is 2.34. The smallest absolute Gasteiger partial charge is 0.108 e. The van der Waals surface area contributed by atoms with Crippen LogP contribution in [0.1, 0.15) is 19.3 Å². The summed E-state index contributed by atoms with van der Waals surface area (Å²) in [4.78, 5) is 0. The van der Waals surface area contributed by atoms with E-state index in [1.54, 1.807) is 0 Å². The molecule has 80 valence electrons. The van der Waals surface area contributed by atoms with Gasteiger partial charge in [-0.05, 0) is 12.2 Å². The standard InChI is InChI=1S/C9H20B2O3/c10-6-1-2-8(11)9(3-6)14-5-7(13)4-12/h6-9,12-13H,1-5,10-11H2. The maximum atomic E-state index is 9.17. The van der Waals surface area contributed by atoms with Crippen molar-refractivity contribution >= 4 is 15.7 Å². The average molecular weight is 198 g/mol. The van der Waals surface area contributed by atoms with Gasteiger partial charge in [0.05, 0.1) is 19.3 Å². The van der Waals surface area contributed by atoms with Crippen LogP contribution in [0.3, 0.4) is 0 Å². The molecule has 2 N–H and O–H groups in total. The number of aliphatic hydroxyl groups excluding tert-OH is 2. The number of aliphatic hydroxyl groups is 2. The van der Waals surface area contributed by atoms with Crippen LogP contribution in [0.15, 0.2) is 0 Å². The highest BCUT2D eigenvalue weighted by Gasteiger charge is 2.26. The van der Waals surface area contributed by atoms with Gasteiger partial charge in [-0.15, -0.1) is 0 Å². The summed E-state index contributed by atoms with van der Waals surface area (Å²) in [5.41, 5.74) is 0. The minimum atomic E-state index is -0.723. The van der Waals surface area contributed by atoms with Gasteiger partial charge < -0.3 is 14.9 Å². The minimum absolute atomic E-state index is 0.212. The fourth-order valence-electron chi connectivity index (χ4n) is 2.00. The second-order valence-electron chi connectivity index (χ2n) is 4.60. The van der Waals surface area contributed by atoms with Crippen LogP contribution in [0.25, 0.3) is 0 Å². The van der Waals surface area contributed by atoms with E-state index in [4.69, 9.17) is 14.9 Å². The molecule has 0 aromatic heterocycles. The lowest BCUT2D eigenvalue weighted by molar-refractivity contribution is -0.0389. The Labute approximate surface area is 87.7 Å². The van der Waals surface area contributed by atoms with Crippen molar-refractivity contribution in [3.63, 3.8) is 0 Å². The Hall–Kier alpha value is 0.00987. The molecule has 0 saturated heterocycles. The summed E-state index contributed by atoms with van der Waals surface area (Å²) in [6, 6.07) is 0. The number of rotatable bonds is 4. The van der Waals surface area contributed by atoms with E-state index in [0.29, 0.717) is 5.82 Å². The highest BCUT2D eigenvalue weighted by molar-refractivity contribution is 6.14. The van der Waals surface area contributed by atoms with Crippen molar-refractivity contribution in [2.75, 3.05) is 13.2 Å². The van der Waals surface area contributed by atoms with E-state index in [2.05, 4.69) is 15.7 Å². The zero-order valence-corrected chi connectivity index (χ0v) is 9.15. The van der Waals surface area contributed by atoms with Crippen molar-refractivity contribution in [1.82, 2.24) is 0 Å². The van der Waals surface area contributed by atoms with Crippen LogP contribution >= 0.6 is 0 Å². The number of ether oxygens (including phenoxy) is 1. The predicted octanol–water partition coefficient (Wildman–Crippen LogP) is -1.25. The molecule has 3 nitrogen and oxygen atoms in total. The molecule has 1 fully saturated rings. The van der Waals surface area contributed by atoms with Gasteiger partial charge in [0.25, 0.3) is 0 Å². The Morgan fingerprint density at radius 3 is 2.71 bits per heavy atom. The molecule has 0 heterocycles. The summed E-state index contributed by atoms with van der Waals surface area (Å²) in [7, 11) is 4.44. The Bertz CT molecular complexity index is 168. The van der Waals surface area contributed by atoms with E-state index in [-0.39, 0.29) is 19.3 Å². The molecule has 1 rings (SSSR count). The number of hydrogen-bond donors (Lipinski definition) is 2. The third kappa shape index (κ3) is 3.64. The molecular formula is C9H20B2O3. The first-order valence-corrected chi connectivity index (χ1v) is 5.54. The summed E-state index contributed by atoms with van der Waals surface area (Å²) >= 11 is 0. The Morgan fingerprint density at radius 1 is 1.36 bits per heavy atom. The lowest BCUT2D eigenvalue weighted by Gasteiger charge is -2.33. The quantitative estimate of drug-likeness (QED) is 0.555. The monoisotopic (exact) mass is 198 g/mol. The second kappa shape index (κ2) is 5.79. The molecule has 5 heteroatoms. The van der Waals surface area contributed by atoms with Crippen LogP contribution < -0.4 is 0 Å². The van der Waals surface area contributed by atoms with Gasteiger partial charge >= 0.3 is 0 Å². The second-order valence-corrected chi connectivity index (χ2v) is 4.60. The molecule has 1 saturated carbocycles. The Balaban J connectivity index is 2.27. The molecule has 1 aliphatic carbocycles. The fraction of sp³-hybridized carbons (Fsp3) is 1.00.